The van der Waals surface area contributed by atoms with Gasteiger partial charge in [0, 0.05) is 0 Å². The zero-order valence-electron chi connectivity index (χ0n) is 7.21. The van der Waals surface area contributed by atoms with Gasteiger partial charge in [0.15, 0.2) is 0 Å². The van der Waals surface area contributed by atoms with Crippen molar-refractivity contribution in [3.8, 4) is 0 Å². The molecule has 0 bridgehead atoms. The Balaban J connectivity index is 2.38. The van der Waals surface area contributed by atoms with E-state index in [4.69, 9.17) is 5.11 Å². The minimum Gasteiger partial charge on any atom is -0.481 e. The summed E-state index contributed by atoms with van der Waals surface area (Å²) < 4.78 is 0. The van der Waals surface area contributed by atoms with Crippen LogP contribution in [-0.4, -0.2) is 11.1 Å². The molecular weight excluding hydrogens is 140 g/mol. The van der Waals surface area contributed by atoms with Crippen LogP contribution in [0.25, 0.3) is 0 Å². The summed E-state index contributed by atoms with van der Waals surface area (Å²) in [4.78, 5) is 10.7. The Kier molecular flexibility index (Phi) is 2.53. The van der Waals surface area contributed by atoms with Crippen LogP contribution in [-0.2, 0) is 4.79 Å². The fourth-order valence-electron chi connectivity index (χ4n) is 1.50. The number of hydrogen-bond donors (Lipinski definition) is 1. The van der Waals surface area contributed by atoms with Crippen molar-refractivity contribution in [1.82, 2.24) is 0 Å². The zero-order chi connectivity index (χ0) is 8.43. The van der Waals surface area contributed by atoms with E-state index >= 15 is 0 Å². The molecular formula is C9H16O2. The second kappa shape index (κ2) is 3.24. The van der Waals surface area contributed by atoms with Gasteiger partial charge >= 0.3 is 5.97 Å². The highest BCUT2D eigenvalue weighted by Crippen LogP contribution is 2.39. The lowest BCUT2D eigenvalue weighted by Gasteiger charge is -2.12. The van der Waals surface area contributed by atoms with Crippen LogP contribution in [0.1, 0.15) is 33.1 Å². The molecule has 0 aromatic rings. The lowest BCUT2D eigenvalue weighted by molar-refractivity contribution is -0.143. The summed E-state index contributed by atoms with van der Waals surface area (Å²) in [6.07, 6.45) is 3.10. The predicted octanol–water partition coefficient (Wildman–Crippen LogP) is 2.14. The minimum absolute atomic E-state index is 0.0602. The maximum absolute atomic E-state index is 10.7. The summed E-state index contributed by atoms with van der Waals surface area (Å²) >= 11 is 0. The van der Waals surface area contributed by atoms with Gasteiger partial charge in [0.2, 0.25) is 0 Å². The molecule has 1 saturated carbocycles. The van der Waals surface area contributed by atoms with Gasteiger partial charge in [-0.25, -0.2) is 0 Å². The van der Waals surface area contributed by atoms with Gasteiger partial charge in [-0.2, -0.15) is 0 Å². The van der Waals surface area contributed by atoms with Crippen LogP contribution in [0.4, 0.5) is 0 Å². The quantitative estimate of drug-likeness (QED) is 0.677. The topological polar surface area (TPSA) is 37.3 Å². The predicted molar refractivity (Wildman–Crippen MR) is 43.3 cm³/mol. The van der Waals surface area contributed by atoms with Crippen molar-refractivity contribution in [2.75, 3.05) is 0 Å². The van der Waals surface area contributed by atoms with Crippen LogP contribution < -0.4 is 0 Å². The van der Waals surface area contributed by atoms with Gasteiger partial charge in [0.05, 0.1) is 5.92 Å². The molecule has 11 heavy (non-hydrogen) atoms. The Hall–Kier alpha value is -0.530. The third-order valence-electron chi connectivity index (χ3n) is 2.23. The monoisotopic (exact) mass is 156 g/mol. The fourth-order valence-corrected chi connectivity index (χ4v) is 1.50. The molecule has 0 amide bonds. The van der Waals surface area contributed by atoms with Crippen LogP contribution in [0.2, 0.25) is 0 Å². The molecule has 0 heterocycles. The lowest BCUT2D eigenvalue weighted by Crippen LogP contribution is -2.17. The highest BCUT2D eigenvalue weighted by molar-refractivity contribution is 5.70. The van der Waals surface area contributed by atoms with Crippen molar-refractivity contribution < 1.29 is 9.90 Å². The van der Waals surface area contributed by atoms with E-state index in [2.05, 4.69) is 13.8 Å². The van der Waals surface area contributed by atoms with E-state index < -0.39 is 5.97 Å². The van der Waals surface area contributed by atoms with Crippen molar-refractivity contribution >= 4 is 5.97 Å². The normalized spacial score (nSPS) is 20.3. The summed E-state index contributed by atoms with van der Waals surface area (Å²) in [5, 5.41) is 8.83. The molecule has 0 saturated heterocycles. The second-order valence-corrected chi connectivity index (χ2v) is 3.91. The van der Waals surface area contributed by atoms with Gasteiger partial charge < -0.3 is 5.11 Å². The molecule has 0 unspecified atom stereocenters. The largest absolute Gasteiger partial charge is 0.481 e. The first-order valence-electron chi connectivity index (χ1n) is 4.34. The number of aliphatic carboxylic acids is 1. The smallest absolute Gasteiger partial charge is 0.306 e. The Bertz CT molecular complexity index is 148. The summed E-state index contributed by atoms with van der Waals surface area (Å²) in [6.45, 7) is 4.16. The van der Waals surface area contributed by atoms with E-state index in [1.807, 2.05) is 0 Å². The fraction of sp³-hybridized carbons (Fsp3) is 0.889. The first-order chi connectivity index (χ1) is 5.11. The Morgan fingerprint density at radius 2 is 2.09 bits per heavy atom. The molecule has 2 nitrogen and oxygen atoms in total. The van der Waals surface area contributed by atoms with E-state index in [1.54, 1.807) is 0 Å². The standard InChI is InChI=1S/C9H16O2/c1-6(2)5-8(9(10)11)7-3-4-7/h6-8H,3-5H2,1-2H3,(H,10,11)/t8-/m0/s1. The van der Waals surface area contributed by atoms with Crippen molar-refractivity contribution in [2.24, 2.45) is 17.8 Å². The molecule has 0 aromatic heterocycles. The Labute approximate surface area is 67.6 Å². The molecule has 1 atom stereocenters. The van der Waals surface area contributed by atoms with Gasteiger partial charge in [-0.1, -0.05) is 13.8 Å². The number of hydrogen-bond acceptors (Lipinski definition) is 1. The van der Waals surface area contributed by atoms with Gasteiger partial charge in [-0.3, -0.25) is 4.79 Å². The summed E-state index contributed by atoms with van der Waals surface area (Å²) in [6, 6.07) is 0. The van der Waals surface area contributed by atoms with E-state index in [-0.39, 0.29) is 5.92 Å². The molecule has 0 aliphatic heterocycles. The Morgan fingerprint density at radius 1 is 1.55 bits per heavy atom. The number of carboxylic acids is 1. The van der Waals surface area contributed by atoms with Crippen molar-refractivity contribution in [1.29, 1.82) is 0 Å². The molecule has 1 fully saturated rings. The molecule has 0 radical (unpaired) electrons. The maximum atomic E-state index is 10.7. The van der Waals surface area contributed by atoms with Gasteiger partial charge in [-0.15, -0.1) is 0 Å². The Morgan fingerprint density at radius 3 is 2.36 bits per heavy atom. The molecule has 1 rings (SSSR count). The average molecular weight is 156 g/mol. The SMILES string of the molecule is CC(C)C[C@H](C(=O)O)C1CC1. The van der Waals surface area contributed by atoms with E-state index in [0.717, 1.165) is 19.3 Å². The molecule has 0 spiro atoms. The van der Waals surface area contributed by atoms with E-state index in [9.17, 15) is 4.79 Å². The second-order valence-electron chi connectivity index (χ2n) is 3.91. The zero-order valence-corrected chi connectivity index (χ0v) is 7.21. The third-order valence-corrected chi connectivity index (χ3v) is 2.23. The van der Waals surface area contributed by atoms with Crippen LogP contribution in [0.5, 0.6) is 0 Å². The van der Waals surface area contributed by atoms with Crippen LogP contribution in [0.3, 0.4) is 0 Å². The summed E-state index contributed by atoms with van der Waals surface area (Å²) in [5.74, 6) is 0.350. The number of carboxylic acid groups (broad SMARTS) is 1. The van der Waals surface area contributed by atoms with Crippen LogP contribution in [0.15, 0.2) is 0 Å². The number of rotatable bonds is 4. The average Bonchev–Trinajstić information content (AvgIpc) is 2.63. The van der Waals surface area contributed by atoms with Crippen molar-refractivity contribution in [3.63, 3.8) is 0 Å². The van der Waals surface area contributed by atoms with Gasteiger partial charge in [0.25, 0.3) is 0 Å². The molecule has 0 aromatic carbocycles. The molecule has 64 valence electrons. The third kappa shape index (κ3) is 2.52. The summed E-state index contributed by atoms with van der Waals surface area (Å²) in [5.41, 5.74) is 0. The number of carbonyl (C=O) groups is 1. The lowest BCUT2D eigenvalue weighted by atomic mass is 9.93. The van der Waals surface area contributed by atoms with Gasteiger partial charge in [-0.05, 0) is 31.1 Å². The maximum Gasteiger partial charge on any atom is 0.306 e. The van der Waals surface area contributed by atoms with Gasteiger partial charge in [0.1, 0.15) is 0 Å². The van der Waals surface area contributed by atoms with Crippen LogP contribution in [0, 0.1) is 17.8 Å². The van der Waals surface area contributed by atoms with E-state index in [1.165, 1.54) is 0 Å². The van der Waals surface area contributed by atoms with E-state index in [0.29, 0.717) is 11.8 Å². The highest BCUT2D eigenvalue weighted by atomic mass is 16.4. The highest BCUT2D eigenvalue weighted by Gasteiger charge is 2.36. The molecule has 1 N–H and O–H groups in total. The molecule has 2 heteroatoms. The first-order valence-corrected chi connectivity index (χ1v) is 4.34. The van der Waals surface area contributed by atoms with Crippen molar-refractivity contribution in [2.45, 2.75) is 33.1 Å². The molecule has 1 aliphatic rings. The first kappa shape index (κ1) is 8.57. The summed E-state index contributed by atoms with van der Waals surface area (Å²) in [7, 11) is 0. The van der Waals surface area contributed by atoms with Crippen molar-refractivity contribution in [3.05, 3.63) is 0 Å². The molecule has 1 aliphatic carbocycles. The van der Waals surface area contributed by atoms with Crippen LogP contribution >= 0.6 is 0 Å². The minimum atomic E-state index is -0.596.